The van der Waals surface area contributed by atoms with Crippen molar-refractivity contribution in [3.63, 3.8) is 0 Å². The minimum absolute atomic E-state index is 0.280. The number of nitrogens with zero attached hydrogens (tertiary/aromatic N) is 2. The quantitative estimate of drug-likeness (QED) is 0.771. The fourth-order valence-corrected chi connectivity index (χ4v) is 2.53. The lowest BCUT2D eigenvalue weighted by Gasteiger charge is -2.21. The number of aromatic nitrogens is 1. The first-order valence-corrected chi connectivity index (χ1v) is 7.95. The number of benzene rings is 1. The van der Waals surface area contributed by atoms with Gasteiger partial charge in [0.25, 0.3) is 5.91 Å². The lowest BCUT2D eigenvalue weighted by molar-refractivity contribution is -0.133. The summed E-state index contributed by atoms with van der Waals surface area (Å²) >= 11 is 0. The summed E-state index contributed by atoms with van der Waals surface area (Å²) in [5.41, 5.74) is 1.32. The minimum Gasteiger partial charge on any atom is -0.486 e. The molecule has 0 atom stereocenters. The maximum atomic E-state index is 12.2. The number of ether oxygens (including phenoxy) is 3. The van der Waals surface area contributed by atoms with Crippen molar-refractivity contribution in [1.82, 2.24) is 9.47 Å². The van der Waals surface area contributed by atoms with Gasteiger partial charge in [-0.2, -0.15) is 0 Å². The maximum Gasteiger partial charge on any atom is 0.355 e. The molecule has 132 valence electrons. The highest BCUT2D eigenvalue weighted by molar-refractivity contribution is 5.89. The van der Waals surface area contributed by atoms with E-state index in [4.69, 9.17) is 14.2 Å². The van der Waals surface area contributed by atoms with Crippen LogP contribution in [0.5, 0.6) is 11.5 Å². The number of esters is 1. The fourth-order valence-electron chi connectivity index (χ4n) is 2.53. The predicted octanol–water partition coefficient (Wildman–Crippen LogP) is 1.61. The molecule has 0 unspecified atom stereocenters. The zero-order valence-electron chi connectivity index (χ0n) is 14.2. The molecule has 0 aliphatic carbocycles. The molecule has 3 rings (SSSR count). The summed E-state index contributed by atoms with van der Waals surface area (Å²) in [5, 5.41) is 0. The smallest absolute Gasteiger partial charge is 0.355 e. The van der Waals surface area contributed by atoms with Crippen LogP contribution in [-0.4, -0.2) is 48.2 Å². The molecule has 0 saturated heterocycles. The van der Waals surface area contributed by atoms with Gasteiger partial charge in [-0.15, -0.1) is 0 Å². The van der Waals surface area contributed by atoms with E-state index in [1.165, 1.54) is 4.90 Å². The molecule has 1 aliphatic rings. The molecule has 1 aromatic carbocycles. The Morgan fingerprint density at radius 2 is 1.96 bits per heavy atom. The normalized spacial score (nSPS) is 12.6. The van der Waals surface area contributed by atoms with Crippen molar-refractivity contribution in [2.45, 2.75) is 6.54 Å². The van der Waals surface area contributed by atoms with Crippen LogP contribution in [0.4, 0.5) is 0 Å². The van der Waals surface area contributed by atoms with E-state index in [-0.39, 0.29) is 12.5 Å². The van der Waals surface area contributed by atoms with E-state index in [0.717, 1.165) is 5.56 Å². The number of amides is 1. The van der Waals surface area contributed by atoms with Crippen LogP contribution in [0.25, 0.3) is 0 Å². The first-order chi connectivity index (χ1) is 12.0. The summed E-state index contributed by atoms with van der Waals surface area (Å²) < 4.78 is 17.7. The third kappa shape index (κ3) is 3.93. The zero-order chi connectivity index (χ0) is 17.8. The molecule has 1 amide bonds. The van der Waals surface area contributed by atoms with Crippen LogP contribution in [0.3, 0.4) is 0 Å². The summed E-state index contributed by atoms with van der Waals surface area (Å²) in [5.74, 6) is 0.589. The van der Waals surface area contributed by atoms with Crippen molar-refractivity contribution in [2.24, 2.45) is 7.05 Å². The van der Waals surface area contributed by atoms with Crippen LogP contribution in [0.2, 0.25) is 0 Å². The van der Waals surface area contributed by atoms with Gasteiger partial charge in [0.15, 0.2) is 18.1 Å². The Morgan fingerprint density at radius 3 is 2.68 bits per heavy atom. The van der Waals surface area contributed by atoms with Crippen molar-refractivity contribution in [2.75, 3.05) is 26.9 Å². The van der Waals surface area contributed by atoms with Crippen LogP contribution in [0.1, 0.15) is 16.1 Å². The third-order valence-corrected chi connectivity index (χ3v) is 3.93. The lowest BCUT2D eigenvalue weighted by atomic mass is 10.2. The molecule has 2 heterocycles. The van der Waals surface area contributed by atoms with Gasteiger partial charge < -0.3 is 23.7 Å². The number of fused-ring (bicyclic) bond motifs is 1. The SMILES string of the molecule is CN(Cc1ccc2c(c1)OCCO2)C(=O)COC(=O)c1cccn1C. The van der Waals surface area contributed by atoms with Crippen molar-refractivity contribution < 1.29 is 23.8 Å². The van der Waals surface area contributed by atoms with Gasteiger partial charge in [-0.3, -0.25) is 4.79 Å². The summed E-state index contributed by atoms with van der Waals surface area (Å²) in [7, 11) is 3.40. The molecule has 1 aliphatic heterocycles. The van der Waals surface area contributed by atoms with Gasteiger partial charge in [0.05, 0.1) is 0 Å². The summed E-state index contributed by atoms with van der Waals surface area (Å²) in [6, 6.07) is 8.96. The lowest BCUT2D eigenvalue weighted by Crippen LogP contribution is -2.31. The Morgan fingerprint density at radius 1 is 1.20 bits per heavy atom. The summed E-state index contributed by atoms with van der Waals surface area (Å²) in [6.07, 6.45) is 1.74. The second kappa shape index (κ2) is 7.29. The van der Waals surface area contributed by atoms with Crippen LogP contribution < -0.4 is 9.47 Å². The molecule has 0 bridgehead atoms. The minimum atomic E-state index is -0.520. The molecule has 7 nitrogen and oxygen atoms in total. The molecule has 0 saturated carbocycles. The van der Waals surface area contributed by atoms with E-state index < -0.39 is 5.97 Å². The van der Waals surface area contributed by atoms with Crippen molar-refractivity contribution >= 4 is 11.9 Å². The van der Waals surface area contributed by atoms with Crippen LogP contribution >= 0.6 is 0 Å². The molecule has 0 spiro atoms. The van der Waals surface area contributed by atoms with Gasteiger partial charge in [-0.25, -0.2) is 4.79 Å². The van der Waals surface area contributed by atoms with Crippen molar-refractivity contribution in [3.05, 3.63) is 47.8 Å². The Balaban J connectivity index is 1.54. The number of aryl methyl sites for hydroxylation is 1. The standard InChI is InChI=1S/C18H20N2O5/c1-19-7-3-4-14(19)18(22)25-12-17(21)20(2)11-13-5-6-15-16(10-13)24-9-8-23-15/h3-7,10H,8-9,11-12H2,1-2H3. The number of likely N-dealkylation sites (N-methyl/N-ethyl adjacent to an activating group) is 1. The number of rotatable bonds is 5. The van der Waals surface area contributed by atoms with Gasteiger partial charge >= 0.3 is 5.97 Å². The number of carbonyl (C=O) groups is 2. The molecule has 0 fully saturated rings. The van der Waals surface area contributed by atoms with Crippen molar-refractivity contribution in [3.8, 4) is 11.5 Å². The van der Waals surface area contributed by atoms with Gasteiger partial charge in [0, 0.05) is 26.8 Å². The molecule has 0 N–H and O–H groups in total. The fraction of sp³-hybridized carbons (Fsp3) is 0.333. The summed E-state index contributed by atoms with van der Waals surface area (Å²) in [4.78, 5) is 25.6. The molecule has 0 radical (unpaired) electrons. The molecular formula is C18H20N2O5. The maximum absolute atomic E-state index is 12.2. The van der Waals surface area contributed by atoms with Gasteiger partial charge in [0.2, 0.25) is 0 Å². The zero-order valence-corrected chi connectivity index (χ0v) is 14.2. The summed E-state index contributed by atoms with van der Waals surface area (Å²) in [6.45, 7) is 1.14. The van der Waals surface area contributed by atoms with Gasteiger partial charge in [0.1, 0.15) is 18.9 Å². The molecule has 2 aromatic rings. The average molecular weight is 344 g/mol. The van der Waals surface area contributed by atoms with E-state index in [2.05, 4.69) is 0 Å². The predicted molar refractivity (Wildman–Crippen MR) is 89.6 cm³/mol. The first kappa shape index (κ1) is 16.9. The Hall–Kier alpha value is -2.96. The topological polar surface area (TPSA) is 70.0 Å². The monoisotopic (exact) mass is 344 g/mol. The van der Waals surface area contributed by atoms with Gasteiger partial charge in [-0.1, -0.05) is 6.07 Å². The van der Waals surface area contributed by atoms with E-state index >= 15 is 0 Å². The van der Waals surface area contributed by atoms with E-state index in [0.29, 0.717) is 37.0 Å². The highest BCUT2D eigenvalue weighted by Gasteiger charge is 2.17. The number of hydrogen-bond acceptors (Lipinski definition) is 5. The molecule has 7 heteroatoms. The van der Waals surface area contributed by atoms with Crippen LogP contribution in [0, 0.1) is 0 Å². The third-order valence-electron chi connectivity index (χ3n) is 3.93. The van der Waals surface area contributed by atoms with Crippen molar-refractivity contribution in [1.29, 1.82) is 0 Å². The van der Waals surface area contributed by atoms with E-state index in [1.54, 1.807) is 37.0 Å². The molecule has 1 aromatic heterocycles. The molecule has 25 heavy (non-hydrogen) atoms. The first-order valence-electron chi connectivity index (χ1n) is 7.95. The average Bonchev–Trinajstić information content (AvgIpc) is 3.05. The Kier molecular flexibility index (Phi) is 4.92. The second-order valence-corrected chi connectivity index (χ2v) is 5.81. The van der Waals surface area contributed by atoms with E-state index in [9.17, 15) is 9.59 Å². The molecular weight excluding hydrogens is 324 g/mol. The number of carbonyl (C=O) groups excluding carboxylic acids is 2. The van der Waals surface area contributed by atoms with E-state index in [1.807, 2.05) is 18.2 Å². The highest BCUT2D eigenvalue weighted by Crippen LogP contribution is 2.31. The van der Waals surface area contributed by atoms with Gasteiger partial charge in [-0.05, 0) is 29.8 Å². The number of hydrogen-bond donors (Lipinski definition) is 0. The Labute approximate surface area is 145 Å². The van der Waals surface area contributed by atoms with Crippen LogP contribution in [0.15, 0.2) is 36.5 Å². The van der Waals surface area contributed by atoms with Crippen LogP contribution in [-0.2, 0) is 23.1 Å². The Bertz CT molecular complexity index is 784. The largest absolute Gasteiger partial charge is 0.486 e. The second-order valence-electron chi connectivity index (χ2n) is 5.81. The highest BCUT2D eigenvalue weighted by atomic mass is 16.6.